The first-order valence-corrected chi connectivity index (χ1v) is 6.08. The third-order valence-corrected chi connectivity index (χ3v) is 3.46. The molecule has 1 aliphatic rings. The molecule has 1 unspecified atom stereocenters. The molecule has 2 rings (SSSR count). The fourth-order valence-electron chi connectivity index (χ4n) is 1.60. The molecule has 4 heteroatoms. The van der Waals surface area contributed by atoms with E-state index < -0.39 is 6.10 Å². The Labute approximate surface area is 112 Å². The number of carbonyl (C=O) groups is 2. The molecule has 1 aromatic rings. The first-order valence-electron chi connectivity index (χ1n) is 5.00. The zero-order valence-corrected chi connectivity index (χ0v) is 10.9. The molecular formula is C13H9IO3. The summed E-state index contributed by atoms with van der Waals surface area (Å²) in [5.74, 6) is -0.596. The predicted octanol–water partition coefficient (Wildman–Crippen LogP) is 1.96. The lowest BCUT2D eigenvalue weighted by Crippen LogP contribution is -2.15. The fourth-order valence-corrected chi connectivity index (χ4v) is 2.29. The van der Waals surface area contributed by atoms with Gasteiger partial charge in [-0.15, -0.1) is 0 Å². The van der Waals surface area contributed by atoms with Crippen molar-refractivity contribution in [2.75, 3.05) is 0 Å². The Morgan fingerprint density at radius 1 is 1.12 bits per heavy atom. The number of aliphatic hydroxyl groups excluding tert-OH is 1. The standard InChI is InChI=1S/C13H9IO3/c14-11-4-2-1-3-9(11)13(17)10-7-8(15)5-6-12(10)16/h1-7,13,17H. The van der Waals surface area contributed by atoms with Crippen molar-refractivity contribution in [2.45, 2.75) is 6.10 Å². The van der Waals surface area contributed by atoms with Gasteiger partial charge in [0, 0.05) is 9.14 Å². The number of hydrogen-bond donors (Lipinski definition) is 1. The van der Waals surface area contributed by atoms with Gasteiger partial charge in [0.1, 0.15) is 6.10 Å². The van der Waals surface area contributed by atoms with Crippen LogP contribution in [0.4, 0.5) is 0 Å². The van der Waals surface area contributed by atoms with Gasteiger partial charge >= 0.3 is 0 Å². The predicted molar refractivity (Wildman–Crippen MR) is 71.4 cm³/mol. The lowest BCUT2D eigenvalue weighted by Gasteiger charge is -2.16. The molecule has 1 N–H and O–H groups in total. The zero-order chi connectivity index (χ0) is 12.4. The molecule has 3 nitrogen and oxygen atoms in total. The molecule has 0 aliphatic heterocycles. The fraction of sp³-hybridized carbons (Fsp3) is 0.0769. The molecule has 0 amide bonds. The Bertz CT molecular complexity index is 543. The number of aliphatic hydroxyl groups is 1. The Hall–Kier alpha value is -1.27. The third kappa shape index (κ3) is 2.53. The van der Waals surface area contributed by atoms with Crippen LogP contribution in [0.5, 0.6) is 0 Å². The smallest absolute Gasteiger partial charge is 0.185 e. The highest BCUT2D eigenvalue weighted by molar-refractivity contribution is 14.1. The van der Waals surface area contributed by atoms with Crippen LogP contribution >= 0.6 is 22.6 Å². The van der Waals surface area contributed by atoms with E-state index in [2.05, 4.69) is 22.6 Å². The van der Waals surface area contributed by atoms with Gasteiger partial charge in [-0.3, -0.25) is 9.59 Å². The summed E-state index contributed by atoms with van der Waals surface area (Å²) in [6.45, 7) is 0. The minimum absolute atomic E-state index is 0.126. The van der Waals surface area contributed by atoms with Crippen molar-refractivity contribution in [1.82, 2.24) is 0 Å². The average Bonchev–Trinajstić information content (AvgIpc) is 2.32. The molecule has 1 aliphatic carbocycles. The van der Waals surface area contributed by atoms with Crippen molar-refractivity contribution >= 4 is 34.2 Å². The monoisotopic (exact) mass is 340 g/mol. The van der Waals surface area contributed by atoms with Crippen LogP contribution in [-0.2, 0) is 9.59 Å². The van der Waals surface area contributed by atoms with Crippen LogP contribution in [0.25, 0.3) is 0 Å². The van der Waals surface area contributed by atoms with Crippen LogP contribution in [0.2, 0.25) is 0 Å². The molecule has 0 radical (unpaired) electrons. The maximum absolute atomic E-state index is 11.6. The van der Waals surface area contributed by atoms with Gasteiger partial charge in [0.15, 0.2) is 11.6 Å². The number of benzene rings is 1. The van der Waals surface area contributed by atoms with Crippen molar-refractivity contribution in [1.29, 1.82) is 0 Å². The van der Waals surface area contributed by atoms with E-state index in [0.29, 0.717) is 5.56 Å². The minimum atomic E-state index is -1.05. The largest absolute Gasteiger partial charge is 0.383 e. The SMILES string of the molecule is O=C1C=CC(=O)C(C(O)c2ccccc2I)=C1. The summed E-state index contributed by atoms with van der Waals surface area (Å²) in [4.78, 5) is 22.8. The normalized spacial score (nSPS) is 16.9. The van der Waals surface area contributed by atoms with E-state index in [1.165, 1.54) is 18.2 Å². The molecule has 0 spiro atoms. The summed E-state index contributed by atoms with van der Waals surface area (Å²) >= 11 is 2.08. The van der Waals surface area contributed by atoms with Crippen LogP contribution in [-0.4, -0.2) is 16.7 Å². The van der Waals surface area contributed by atoms with Gasteiger partial charge in [-0.2, -0.15) is 0 Å². The second-order valence-electron chi connectivity index (χ2n) is 3.62. The number of carbonyl (C=O) groups excluding carboxylic acids is 2. The zero-order valence-electron chi connectivity index (χ0n) is 8.76. The van der Waals surface area contributed by atoms with Crippen molar-refractivity contribution in [2.24, 2.45) is 0 Å². The van der Waals surface area contributed by atoms with E-state index in [-0.39, 0.29) is 17.1 Å². The molecule has 86 valence electrons. The van der Waals surface area contributed by atoms with Gasteiger partial charge in [-0.05, 0) is 52.4 Å². The number of halogens is 1. The molecule has 0 aromatic heterocycles. The number of hydrogen-bond acceptors (Lipinski definition) is 3. The van der Waals surface area contributed by atoms with Gasteiger partial charge < -0.3 is 5.11 Å². The van der Waals surface area contributed by atoms with Crippen molar-refractivity contribution in [3.63, 3.8) is 0 Å². The summed E-state index contributed by atoms with van der Waals surface area (Å²) < 4.78 is 0.855. The van der Waals surface area contributed by atoms with E-state index in [0.717, 1.165) is 3.57 Å². The highest BCUT2D eigenvalue weighted by Gasteiger charge is 2.23. The molecular weight excluding hydrogens is 331 g/mol. The lowest BCUT2D eigenvalue weighted by molar-refractivity contribution is -0.115. The van der Waals surface area contributed by atoms with Crippen molar-refractivity contribution in [3.8, 4) is 0 Å². The summed E-state index contributed by atoms with van der Waals surface area (Å²) in [6, 6.07) is 7.21. The molecule has 1 atom stereocenters. The van der Waals surface area contributed by atoms with Crippen molar-refractivity contribution < 1.29 is 14.7 Å². The summed E-state index contributed by atoms with van der Waals surface area (Å²) in [6.07, 6.45) is 2.53. The summed E-state index contributed by atoms with van der Waals surface area (Å²) in [5.41, 5.74) is 0.761. The Balaban J connectivity index is 2.39. The summed E-state index contributed by atoms with van der Waals surface area (Å²) in [5, 5.41) is 10.1. The van der Waals surface area contributed by atoms with E-state index in [1.807, 2.05) is 12.1 Å². The quantitative estimate of drug-likeness (QED) is 0.662. The van der Waals surface area contributed by atoms with Crippen LogP contribution in [0, 0.1) is 3.57 Å². The third-order valence-electron chi connectivity index (χ3n) is 2.48. The lowest BCUT2D eigenvalue weighted by atomic mass is 9.94. The molecule has 17 heavy (non-hydrogen) atoms. The summed E-state index contributed by atoms with van der Waals surface area (Å²) in [7, 11) is 0. The second kappa shape index (κ2) is 4.93. The minimum Gasteiger partial charge on any atom is -0.383 e. The average molecular weight is 340 g/mol. The maximum Gasteiger partial charge on any atom is 0.185 e. The first kappa shape index (κ1) is 12.2. The molecule has 1 aromatic carbocycles. The Morgan fingerprint density at radius 3 is 2.53 bits per heavy atom. The van der Waals surface area contributed by atoms with Gasteiger partial charge in [-0.1, -0.05) is 18.2 Å². The maximum atomic E-state index is 11.6. The molecule has 0 heterocycles. The van der Waals surface area contributed by atoms with E-state index >= 15 is 0 Å². The van der Waals surface area contributed by atoms with E-state index in [1.54, 1.807) is 12.1 Å². The van der Waals surface area contributed by atoms with Crippen LogP contribution in [0.1, 0.15) is 11.7 Å². The van der Waals surface area contributed by atoms with E-state index in [4.69, 9.17) is 0 Å². The molecule has 0 fully saturated rings. The van der Waals surface area contributed by atoms with Crippen LogP contribution in [0.3, 0.4) is 0 Å². The van der Waals surface area contributed by atoms with Gasteiger partial charge in [-0.25, -0.2) is 0 Å². The Kier molecular flexibility index (Phi) is 3.54. The highest BCUT2D eigenvalue weighted by atomic mass is 127. The second-order valence-corrected chi connectivity index (χ2v) is 4.79. The van der Waals surface area contributed by atoms with E-state index in [9.17, 15) is 14.7 Å². The van der Waals surface area contributed by atoms with Crippen LogP contribution < -0.4 is 0 Å². The Morgan fingerprint density at radius 2 is 1.82 bits per heavy atom. The van der Waals surface area contributed by atoms with Gasteiger partial charge in [0.2, 0.25) is 0 Å². The first-order chi connectivity index (χ1) is 8.09. The molecule has 0 saturated carbocycles. The van der Waals surface area contributed by atoms with Gasteiger partial charge in [0.05, 0.1) is 0 Å². The highest BCUT2D eigenvalue weighted by Crippen LogP contribution is 2.27. The number of allylic oxidation sites excluding steroid dienone is 3. The topological polar surface area (TPSA) is 54.4 Å². The van der Waals surface area contributed by atoms with Gasteiger partial charge in [0.25, 0.3) is 0 Å². The van der Waals surface area contributed by atoms with Crippen LogP contribution in [0.15, 0.2) is 48.1 Å². The van der Waals surface area contributed by atoms with Crippen molar-refractivity contribution in [3.05, 3.63) is 57.2 Å². The number of rotatable bonds is 2. The molecule has 0 bridgehead atoms. The molecule has 0 saturated heterocycles. The number of ketones is 2.